The first-order valence-corrected chi connectivity index (χ1v) is 9.41. The van der Waals surface area contributed by atoms with Gasteiger partial charge in [0.25, 0.3) is 0 Å². The number of piperazine rings is 1. The van der Waals surface area contributed by atoms with Crippen LogP contribution in [0.5, 0.6) is 0 Å². The van der Waals surface area contributed by atoms with Crippen LogP contribution in [-0.4, -0.2) is 97.9 Å². The van der Waals surface area contributed by atoms with Crippen LogP contribution in [0, 0.1) is 0 Å². The van der Waals surface area contributed by atoms with Crippen LogP contribution in [0.2, 0.25) is 0 Å². The second kappa shape index (κ2) is 8.43. The highest BCUT2D eigenvalue weighted by Crippen LogP contribution is 2.26. The number of ether oxygens (including phenoxy) is 2. The number of guanidine groups is 1. The average Bonchev–Trinajstić information content (AvgIpc) is 2.59. The van der Waals surface area contributed by atoms with Gasteiger partial charge in [-0.05, 0) is 47.7 Å². The summed E-state index contributed by atoms with van der Waals surface area (Å²) in [5.74, 6) is 0.557. The molecule has 0 spiro atoms. The first kappa shape index (κ1) is 20.8. The van der Waals surface area contributed by atoms with Gasteiger partial charge in [-0.3, -0.25) is 4.99 Å². The van der Waals surface area contributed by atoms with Crippen LogP contribution in [0.15, 0.2) is 4.99 Å². The molecular formula is C18H35N5O3. The van der Waals surface area contributed by atoms with Crippen LogP contribution < -0.4 is 5.73 Å². The standard InChI is InChI=1S/C18H35N5O3/c1-17(2,3)26-16(24)23-10-8-22(9-11-23)15(19)20-14-18(21(4)5)6-12-25-13-7-18/h6-14H2,1-5H3,(H2,19,20). The molecule has 8 heteroatoms. The van der Waals surface area contributed by atoms with E-state index in [1.165, 1.54) is 0 Å². The summed E-state index contributed by atoms with van der Waals surface area (Å²) in [4.78, 5) is 22.8. The van der Waals surface area contributed by atoms with Crippen LogP contribution in [0.3, 0.4) is 0 Å². The van der Waals surface area contributed by atoms with Crippen molar-refractivity contribution in [3.05, 3.63) is 0 Å². The maximum absolute atomic E-state index is 12.1. The summed E-state index contributed by atoms with van der Waals surface area (Å²) in [5.41, 5.74) is 5.78. The fraction of sp³-hybridized carbons (Fsp3) is 0.889. The second-order valence-electron chi connectivity index (χ2n) is 8.36. The normalized spacial score (nSPS) is 21.8. The largest absolute Gasteiger partial charge is 0.444 e. The number of amides is 1. The zero-order valence-electron chi connectivity index (χ0n) is 17.0. The van der Waals surface area contributed by atoms with E-state index in [9.17, 15) is 4.79 Å². The Morgan fingerprint density at radius 3 is 2.19 bits per heavy atom. The Morgan fingerprint density at radius 1 is 1.15 bits per heavy atom. The van der Waals surface area contributed by atoms with E-state index >= 15 is 0 Å². The third-order valence-corrected chi connectivity index (χ3v) is 5.16. The van der Waals surface area contributed by atoms with Gasteiger partial charge in [0, 0.05) is 44.9 Å². The first-order valence-electron chi connectivity index (χ1n) is 9.41. The third kappa shape index (κ3) is 5.48. The Balaban J connectivity index is 1.88. The minimum Gasteiger partial charge on any atom is -0.444 e. The summed E-state index contributed by atoms with van der Waals surface area (Å²) in [7, 11) is 4.19. The van der Waals surface area contributed by atoms with E-state index < -0.39 is 5.60 Å². The molecule has 1 amide bonds. The van der Waals surface area contributed by atoms with Crippen LogP contribution in [0.1, 0.15) is 33.6 Å². The second-order valence-corrected chi connectivity index (χ2v) is 8.36. The predicted octanol–water partition coefficient (Wildman–Crippen LogP) is 0.965. The summed E-state index contributed by atoms with van der Waals surface area (Å²) in [6, 6.07) is 0. The van der Waals surface area contributed by atoms with Gasteiger partial charge < -0.3 is 29.9 Å². The number of nitrogens with two attached hydrogens (primary N) is 1. The number of carbonyl (C=O) groups excluding carboxylic acids is 1. The van der Waals surface area contributed by atoms with Crippen molar-refractivity contribution in [1.29, 1.82) is 0 Å². The van der Waals surface area contributed by atoms with E-state index in [-0.39, 0.29) is 11.6 Å². The zero-order valence-corrected chi connectivity index (χ0v) is 17.0. The fourth-order valence-electron chi connectivity index (χ4n) is 3.27. The van der Waals surface area contributed by atoms with Crippen molar-refractivity contribution in [2.24, 2.45) is 10.7 Å². The Hall–Kier alpha value is -1.54. The van der Waals surface area contributed by atoms with Crippen molar-refractivity contribution < 1.29 is 14.3 Å². The number of rotatable bonds is 3. The van der Waals surface area contributed by atoms with Gasteiger partial charge in [-0.25, -0.2) is 4.79 Å². The molecule has 2 heterocycles. The number of hydrogen-bond donors (Lipinski definition) is 1. The summed E-state index contributed by atoms with van der Waals surface area (Å²) in [5, 5.41) is 0. The fourth-order valence-corrected chi connectivity index (χ4v) is 3.27. The number of nitrogens with zero attached hydrogens (tertiary/aromatic N) is 4. The van der Waals surface area contributed by atoms with Crippen molar-refractivity contribution in [2.75, 3.05) is 60.0 Å². The molecule has 0 aromatic heterocycles. The smallest absolute Gasteiger partial charge is 0.410 e. The molecule has 0 radical (unpaired) electrons. The minimum atomic E-state index is -0.473. The molecule has 0 aromatic carbocycles. The molecule has 150 valence electrons. The topological polar surface area (TPSA) is 83.6 Å². The van der Waals surface area contributed by atoms with Crippen molar-refractivity contribution in [3.63, 3.8) is 0 Å². The molecule has 26 heavy (non-hydrogen) atoms. The highest BCUT2D eigenvalue weighted by molar-refractivity contribution is 5.78. The molecule has 2 aliphatic heterocycles. The van der Waals surface area contributed by atoms with Gasteiger partial charge in [0.1, 0.15) is 5.60 Å². The molecule has 2 aliphatic rings. The van der Waals surface area contributed by atoms with Crippen molar-refractivity contribution >= 4 is 12.1 Å². The predicted molar refractivity (Wildman–Crippen MR) is 102 cm³/mol. The minimum absolute atomic E-state index is 0.0151. The number of hydrogen-bond acceptors (Lipinski definition) is 5. The van der Waals surface area contributed by atoms with Gasteiger partial charge >= 0.3 is 6.09 Å². The highest BCUT2D eigenvalue weighted by atomic mass is 16.6. The molecule has 0 aliphatic carbocycles. The molecule has 0 aromatic rings. The van der Waals surface area contributed by atoms with Crippen LogP contribution in [0.25, 0.3) is 0 Å². The van der Waals surface area contributed by atoms with Crippen LogP contribution in [-0.2, 0) is 9.47 Å². The molecule has 2 N–H and O–H groups in total. The third-order valence-electron chi connectivity index (χ3n) is 5.16. The van der Waals surface area contributed by atoms with Gasteiger partial charge in [0.05, 0.1) is 6.54 Å². The molecule has 8 nitrogen and oxygen atoms in total. The molecule has 2 saturated heterocycles. The van der Waals surface area contributed by atoms with Gasteiger partial charge in [-0.15, -0.1) is 0 Å². The zero-order chi connectivity index (χ0) is 19.4. The maximum atomic E-state index is 12.1. The molecule has 2 rings (SSSR count). The summed E-state index contributed by atoms with van der Waals surface area (Å²) in [6.45, 7) is 10.4. The Bertz CT molecular complexity index is 501. The summed E-state index contributed by atoms with van der Waals surface area (Å²) >= 11 is 0. The maximum Gasteiger partial charge on any atom is 0.410 e. The van der Waals surface area contributed by atoms with Crippen LogP contribution >= 0.6 is 0 Å². The SMILES string of the molecule is CN(C)C1(CN=C(N)N2CCN(C(=O)OC(C)(C)C)CC2)CCOCC1. The number of aliphatic imine (C=N–C) groups is 1. The first-order chi connectivity index (χ1) is 12.1. The van der Waals surface area contributed by atoms with E-state index in [1.807, 2.05) is 25.7 Å². The molecule has 0 atom stereocenters. The molecular weight excluding hydrogens is 334 g/mol. The van der Waals surface area contributed by atoms with Gasteiger partial charge in [0.2, 0.25) is 0 Å². The van der Waals surface area contributed by atoms with E-state index in [4.69, 9.17) is 15.2 Å². The lowest BCUT2D eigenvalue weighted by atomic mass is 9.89. The highest BCUT2D eigenvalue weighted by Gasteiger charge is 2.35. The molecule has 0 unspecified atom stereocenters. The number of likely N-dealkylation sites (N-methyl/N-ethyl adjacent to an activating group) is 1. The van der Waals surface area contributed by atoms with E-state index in [0.29, 0.717) is 38.7 Å². The lowest BCUT2D eigenvalue weighted by Crippen LogP contribution is -2.54. The van der Waals surface area contributed by atoms with Gasteiger partial charge in [-0.2, -0.15) is 0 Å². The summed E-state index contributed by atoms with van der Waals surface area (Å²) < 4.78 is 10.9. The molecule has 0 saturated carbocycles. The van der Waals surface area contributed by atoms with Crippen LogP contribution in [0.4, 0.5) is 4.79 Å². The van der Waals surface area contributed by atoms with Gasteiger partial charge in [-0.1, -0.05) is 0 Å². The lowest BCUT2D eigenvalue weighted by molar-refractivity contribution is -0.00266. The Labute approximate surface area is 157 Å². The van der Waals surface area contributed by atoms with Crippen molar-refractivity contribution in [1.82, 2.24) is 14.7 Å². The van der Waals surface area contributed by atoms with Crippen molar-refractivity contribution in [2.45, 2.75) is 44.8 Å². The summed E-state index contributed by atoms with van der Waals surface area (Å²) in [6.07, 6.45) is 1.66. The van der Waals surface area contributed by atoms with E-state index in [2.05, 4.69) is 24.0 Å². The number of carbonyl (C=O) groups is 1. The molecule has 0 bridgehead atoms. The van der Waals surface area contributed by atoms with Crippen molar-refractivity contribution in [3.8, 4) is 0 Å². The monoisotopic (exact) mass is 369 g/mol. The van der Waals surface area contributed by atoms with Gasteiger partial charge in [0.15, 0.2) is 5.96 Å². The van der Waals surface area contributed by atoms with E-state index in [0.717, 1.165) is 26.1 Å². The quantitative estimate of drug-likeness (QED) is 0.589. The van der Waals surface area contributed by atoms with E-state index in [1.54, 1.807) is 4.90 Å². The molecule has 2 fully saturated rings. The Morgan fingerprint density at radius 2 is 1.69 bits per heavy atom. The Kier molecular flexibility index (Phi) is 6.74. The lowest BCUT2D eigenvalue weighted by Gasteiger charge is -2.42. The average molecular weight is 370 g/mol.